The number of hydrogen-bond donors (Lipinski definition) is 0. The second-order valence-electron chi connectivity index (χ2n) is 6.02. The Kier molecular flexibility index (Phi) is 6.60. The highest BCUT2D eigenvalue weighted by Gasteiger charge is 2.17. The zero-order valence-electron chi connectivity index (χ0n) is 15.8. The zero-order valence-corrected chi connectivity index (χ0v) is 18.2. The summed E-state index contributed by atoms with van der Waals surface area (Å²) in [6.45, 7) is 4.82. The largest absolute Gasteiger partial charge is 0.496 e. The number of aryl methyl sites for hydroxylation is 1. The third-order valence-corrected chi connectivity index (χ3v) is 6.03. The Bertz CT molecular complexity index is 1070. The summed E-state index contributed by atoms with van der Waals surface area (Å²) in [7, 11) is 1.52. The third-order valence-electron chi connectivity index (χ3n) is 4.32. The first kappa shape index (κ1) is 20.6. The summed E-state index contributed by atoms with van der Waals surface area (Å²) in [5, 5.41) is 1.15. The second-order valence-corrected chi connectivity index (χ2v) is 7.96. The number of carbonyl (C=O) groups excluding carboxylic acids is 1. The summed E-state index contributed by atoms with van der Waals surface area (Å²) in [4.78, 5) is 19.1. The fourth-order valence-electron chi connectivity index (χ4n) is 2.99. The number of aromatic nitrogens is 1. The maximum atomic E-state index is 12.9. The van der Waals surface area contributed by atoms with Crippen molar-refractivity contribution in [1.29, 1.82) is 0 Å². The van der Waals surface area contributed by atoms with Gasteiger partial charge in [-0.3, -0.25) is 4.79 Å². The Balaban J connectivity index is 2.16. The van der Waals surface area contributed by atoms with Gasteiger partial charge in [-0.15, -0.1) is 11.3 Å². The fraction of sp³-hybridized carbons (Fsp3) is 0.238. The lowest BCUT2D eigenvalue weighted by Crippen LogP contribution is -2.17. The van der Waals surface area contributed by atoms with E-state index >= 15 is 0 Å². The molecule has 0 saturated heterocycles. The lowest BCUT2D eigenvalue weighted by molar-refractivity contribution is 0.0995. The van der Waals surface area contributed by atoms with Crippen LogP contribution in [0.4, 0.5) is 0 Å². The van der Waals surface area contributed by atoms with Crippen LogP contribution in [-0.2, 0) is 13.0 Å². The normalized spacial score (nSPS) is 11.7. The van der Waals surface area contributed by atoms with Crippen molar-refractivity contribution >= 4 is 40.4 Å². The molecule has 0 aliphatic rings. The van der Waals surface area contributed by atoms with Crippen molar-refractivity contribution in [3.05, 3.63) is 67.8 Å². The van der Waals surface area contributed by atoms with Crippen molar-refractivity contribution in [2.24, 2.45) is 4.99 Å². The van der Waals surface area contributed by atoms with E-state index in [1.54, 1.807) is 18.2 Å². The molecule has 0 aliphatic heterocycles. The van der Waals surface area contributed by atoms with E-state index in [2.05, 4.69) is 16.5 Å². The van der Waals surface area contributed by atoms with Crippen molar-refractivity contribution in [2.75, 3.05) is 7.11 Å². The molecule has 0 fully saturated rings. The third kappa shape index (κ3) is 4.17. The van der Waals surface area contributed by atoms with Gasteiger partial charge in [-0.1, -0.05) is 42.3 Å². The number of rotatable bonds is 5. The van der Waals surface area contributed by atoms with Crippen LogP contribution < -0.4 is 9.54 Å². The predicted molar refractivity (Wildman–Crippen MR) is 116 cm³/mol. The molecule has 1 amide bonds. The monoisotopic (exact) mass is 434 g/mol. The summed E-state index contributed by atoms with van der Waals surface area (Å²) in [5.74, 6) is 0.0690. The minimum atomic E-state index is -0.381. The van der Waals surface area contributed by atoms with Crippen LogP contribution >= 0.6 is 34.5 Å². The molecule has 3 aromatic rings. The van der Waals surface area contributed by atoms with Crippen LogP contribution in [0.15, 0.2) is 47.5 Å². The lowest BCUT2D eigenvalue weighted by atomic mass is 10.1. The molecule has 146 valence electrons. The van der Waals surface area contributed by atoms with Crippen LogP contribution in [-0.4, -0.2) is 17.6 Å². The second kappa shape index (κ2) is 8.95. The Labute approximate surface area is 178 Å². The van der Waals surface area contributed by atoms with E-state index in [0.717, 1.165) is 22.6 Å². The standard InChI is InChI=1S/C21H20Cl2N2O2S/c1-4-18-19(13-6-8-14(22)9-7-13)25(5-2)21(28-18)24-20(26)16-12-15(23)10-11-17(16)27-3/h6-12H,4-5H2,1-3H3. The number of benzene rings is 2. The molecule has 0 saturated carbocycles. The van der Waals surface area contributed by atoms with Crippen molar-refractivity contribution in [3.8, 4) is 17.0 Å². The number of amides is 1. The molecular weight excluding hydrogens is 415 g/mol. The summed E-state index contributed by atoms with van der Waals surface area (Å²) < 4.78 is 7.35. The number of carbonyl (C=O) groups is 1. The van der Waals surface area contributed by atoms with Gasteiger partial charge in [0.25, 0.3) is 5.91 Å². The van der Waals surface area contributed by atoms with Gasteiger partial charge < -0.3 is 9.30 Å². The molecule has 3 rings (SSSR count). The van der Waals surface area contributed by atoms with Gasteiger partial charge in [0.05, 0.1) is 18.4 Å². The Hall–Kier alpha value is -2.08. The van der Waals surface area contributed by atoms with Gasteiger partial charge in [-0.2, -0.15) is 4.99 Å². The van der Waals surface area contributed by atoms with Crippen LogP contribution in [0, 0.1) is 0 Å². The van der Waals surface area contributed by atoms with Gasteiger partial charge in [0.15, 0.2) is 4.80 Å². The molecule has 28 heavy (non-hydrogen) atoms. The average Bonchev–Trinajstić information content (AvgIpc) is 3.05. The smallest absolute Gasteiger partial charge is 0.283 e. The van der Waals surface area contributed by atoms with Crippen molar-refractivity contribution in [2.45, 2.75) is 26.8 Å². The SMILES string of the molecule is CCc1sc(=NC(=O)c2cc(Cl)ccc2OC)n(CC)c1-c1ccc(Cl)cc1. The fourth-order valence-corrected chi connectivity index (χ4v) is 4.44. The summed E-state index contributed by atoms with van der Waals surface area (Å²) in [6.07, 6.45) is 0.840. The first-order valence-corrected chi connectivity index (χ1v) is 10.5. The summed E-state index contributed by atoms with van der Waals surface area (Å²) in [6, 6.07) is 12.6. The molecule has 0 radical (unpaired) electrons. The zero-order chi connectivity index (χ0) is 20.3. The van der Waals surface area contributed by atoms with Gasteiger partial charge >= 0.3 is 0 Å². The van der Waals surface area contributed by atoms with E-state index in [-0.39, 0.29) is 5.91 Å². The molecule has 0 N–H and O–H groups in total. The molecule has 1 heterocycles. The first-order valence-electron chi connectivity index (χ1n) is 8.89. The molecule has 0 spiro atoms. The van der Waals surface area contributed by atoms with E-state index in [0.29, 0.717) is 32.7 Å². The predicted octanol–water partition coefficient (Wildman–Crippen LogP) is 5.86. The van der Waals surface area contributed by atoms with Gasteiger partial charge in [-0.25, -0.2) is 0 Å². The Morgan fingerprint density at radius 1 is 1.11 bits per heavy atom. The van der Waals surface area contributed by atoms with Gasteiger partial charge in [0, 0.05) is 21.5 Å². The van der Waals surface area contributed by atoms with E-state index < -0.39 is 0 Å². The van der Waals surface area contributed by atoms with Crippen molar-refractivity contribution in [1.82, 2.24) is 4.57 Å². The highest BCUT2D eigenvalue weighted by Crippen LogP contribution is 2.28. The van der Waals surface area contributed by atoms with E-state index in [9.17, 15) is 4.79 Å². The quantitative estimate of drug-likeness (QED) is 0.504. The van der Waals surface area contributed by atoms with Crippen LogP contribution in [0.3, 0.4) is 0 Å². The van der Waals surface area contributed by atoms with E-state index in [1.165, 1.54) is 18.4 Å². The Morgan fingerprint density at radius 2 is 1.79 bits per heavy atom. The lowest BCUT2D eigenvalue weighted by Gasteiger charge is -2.09. The summed E-state index contributed by atoms with van der Waals surface area (Å²) in [5.41, 5.74) is 2.46. The molecule has 4 nitrogen and oxygen atoms in total. The molecular formula is C21H20Cl2N2O2S. The molecule has 2 aromatic carbocycles. The molecule has 0 atom stereocenters. The number of ether oxygens (including phenoxy) is 1. The van der Waals surface area contributed by atoms with Crippen LogP contribution in [0.25, 0.3) is 11.3 Å². The number of hydrogen-bond acceptors (Lipinski definition) is 3. The highest BCUT2D eigenvalue weighted by molar-refractivity contribution is 7.09. The summed E-state index contributed by atoms with van der Waals surface area (Å²) >= 11 is 13.6. The van der Waals surface area contributed by atoms with E-state index in [1.807, 2.05) is 31.2 Å². The maximum Gasteiger partial charge on any atom is 0.283 e. The first-order chi connectivity index (χ1) is 13.5. The number of halogens is 2. The van der Waals surface area contributed by atoms with Crippen LogP contribution in [0.2, 0.25) is 10.0 Å². The number of methoxy groups -OCH3 is 1. The van der Waals surface area contributed by atoms with Gasteiger partial charge in [0.2, 0.25) is 0 Å². The van der Waals surface area contributed by atoms with Crippen molar-refractivity contribution < 1.29 is 9.53 Å². The minimum Gasteiger partial charge on any atom is -0.496 e. The minimum absolute atomic E-state index is 0.345. The van der Waals surface area contributed by atoms with Crippen LogP contribution in [0.5, 0.6) is 5.75 Å². The van der Waals surface area contributed by atoms with Gasteiger partial charge in [-0.05, 0) is 49.2 Å². The van der Waals surface area contributed by atoms with Crippen molar-refractivity contribution in [3.63, 3.8) is 0 Å². The molecule has 0 unspecified atom stereocenters. The van der Waals surface area contributed by atoms with Gasteiger partial charge in [0.1, 0.15) is 5.75 Å². The average molecular weight is 435 g/mol. The molecule has 0 aliphatic carbocycles. The van der Waals surface area contributed by atoms with E-state index in [4.69, 9.17) is 27.9 Å². The highest BCUT2D eigenvalue weighted by atomic mass is 35.5. The molecule has 7 heteroatoms. The van der Waals surface area contributed by atoms with Crippen LogP contribution in [0.1, 0.15) is 29.1 Å². The Morgan fingerprint density at radius 3 is 2.39 bits per heavy atom. The maximum absolute atomic E-state index is 12.9. The molecule has 1 aromatic heterocycles. The number of thiazole rings is 1. The molecule has 0 bridgehead atoms. The topological polar surface area (TPSA) is 43.6 Å². The number of nitrogens with zero attached hydrogens (tertiary/aromatic N) is 2.